The molecule has 1 aromatic heterocycles. The molecule has 0 aliphatic rings. The van der Waals surface area contributed by atoms with Crippen LogP contribution in [0.4, 0.5) is 8.78 Å². The molecule has 0 fully saturated rings. The van der Waals surface area contributed by atoms with Crippen LogP contribution in [-0.2, 0) is 13.1 Å². The van der Waals surface area contributed by atoms with Gasteiger partial charge in [0.2, 0.25) is 5.89 Å². The van der Waals surface area contributed by atoms with Gasteiger partial charge in [-0.2, -0.15) is 13.8 Å². The van der Waals surface area contributed by atoms with Crippen molar-refractivity contribution in [3.63, 3.8) is 0 Å². The average molecular weight is 360 g/mol. The standard InChI is InChI=1S/C14H16ClF2N5O2/c1-8-21-12(22-24-8)7-20-14(18-2)19-6-9-5-10(15)3-4-11(9)23-13(16)17/h3-5,13H,6-7H2,1-2H3,(H2,18,19,20). The molecule has 0 aliphatic heterocycles. The minimum absolute atomic E-state index is 0.0474. The average Bonchev–Trinajstić information content (AvgIpc) is 2.95. The van der Waals surface area contributed by atoms with Crippen molar-refractivity contribution in [3.05, 3.63) is 40.5 Å². The summed E-state index contributed by atoms with van der Waals surface area (Å²) in [5.74, 6) is 1.41. The van der Waals surface area contributed by atoms with Gasteiger partial charge in [-0.3, -0.25) is 4.99 Å². The molecule has 0 saturated carbocycles. The van der Waals surface area contributed by atoms with Gasteiger partial charge in [-0.15, -0.1) is 0 Å². The van der Waals surface area contributed by atoms with Crippen LogP contribution in [0.25, 0.3) is 0 Å². The first-order valence-electron chi connectivity index (χ1n) is 6.95. The Hall–Kier alpha value is -2.42. The number of rotatable bonds is 6. The molecule has 0 unspecified atom stereocenters. The minimum atomic E-state index is -2.91. The molecule has 0 atom stereocenters. The molecular weight excluding hydrogens is 344 g/mol. The third-order valence-corrected chi connectivity index (χ3v) is 3.13. The van der Waals surface area contributed by atoms with E-state index in [1.54, 1.807) is 20.0 Å². The largest absolute Gasteiger partial charge is 0.434 e. The summed E-state index contributed by atoms with van der Waals surface area (Å²) in [5, 5.41) is 10.1. The van der Waals surface area contributed by atoms with Gasteiger partial charge in [0.25, 0.3) is 0 Å². The zero-order chi connectivity index (χ0) is 17.5. The smallest absolute Gasteiger partial charge is 0.387 e. The highest BCUT2D eigenvalue weighted by Gasteiger charge is 2.11. The van der Waals surface area contributed by atoms with Crippen molar-refractivity contribution in [1.82, 2.24) is 20.8 Å². The van der Waals surface area contributed by atoms with Crippen molar-refractivity contribution >= 4 is 17.6 Å². The summed E-state index contributed by atoms with van der Waals surface area (Å²) in [6.07, 6.45) is 0. The summed E-state index contributed by atoms with van der Waals surface area (Å²) >= 11 is 5.90. The Kier molecular flexibility index (Phi) is 6.30. The summed E-state index contributed by atoms with van der Waals surface area (Å²) in [6, 6.07) is 4.42. The number of halogens is 3. The number of aromatic nitrogens is 2. The van der Waals surface area contributed by atoms with Crippen LogP contribution in [0, 0.1) is 6.92 Å². The highest BCUT2D eigenvalue weighted by atomic mass is 35.5. The van der Waals surface area contributed by atoms with Crippen LogP contribution in [0.5, 0.6) is 5.75 Å². The summed E-state index contributed by atoms with van der Waals surface area (Å²) in [6.45, 7) is -0.739. The molecule has 0 aliphatic carbocycles. The van der Waals surface area contributed by atoms with Crippen LogP contribution in [0.15, 0.2) is 27.7 Å². The quantitative estimate of drug-likeness (QED) is 0.609. The number of aliphatic imine (C=N–C) groups is 1. The molecular formula is C14H16ClF2N5O2. The minimum Gasteiger partial charge on any atom is -0.434 e. The van der Waals surface area contributed by atoms with Crippen LogP contribution in [0.1, 0.15) is 17.3 Å². The van der Waals surface area contributed by atoms with Crippen molar-refractivity contribution in [2.24, 2.45) is 4.99 Å². The van der Waals surface area contributed by atoms with E-state index >= 15 is 0 Å². The summed E-state index contributed by atoms with van der Waals surface area (Å²) in [5.41, 5.74) is 0.473. The van der Waals surface area contributed by atoms with Gasteiger partial charge in [-0.1, -0.05) is 16.8 Å². The lowest BCUT2D eigenvalue weighted by Crippen LogP contribution is -2.36. The van der Waals surface area contributed by atoms with E-state index in [1.165, 1.54) is 12.1 Å². The number of nitrogens with one attached hydrogen (secondary N) is 2. The van der Waals surface area contributed by atoms with E-state index in [0.29, 0.717) is 34.8 Å². The molecule has 1 heterocycles. The van der Waals surface area contributed by atoms with E-state index in [-0.39, 0.29) is 12.3 Å². The van der Waals surface area contributed by atoms with Crippen LogP contribution in [0.3, 0.4) is 0 Å². The lowest BCUT2D eigenvalue weighted by atomic mass is 10.2. The Morgan fingerprint density at radius 2 is 2.12 bits per heavy atom. The van der Waals surface area contributed by atoms with Crippen molar-refractivity contribution in [2.75, 3.05) is 7.05 Å². The fourth-order valence-electron chi connectivity index (χ4n) is 1.87. The lowest BCUT2D eigenvalue weighted by molar-refractivity contribution is -0.0504. The van der Waals surface area contributed by atoms with Crippen molar-refractivity contribution in [3.8, 4) is 5.75 Å². The molecule has 2 rings (SSSR count). The Morgan fingerprint density at radius 1 is 1.38 bits per heavy atom. The highest BCUT2D eigenvalue weighted by Crippen LogP contribution is 2.24. The van der Waals surface area contributed by atoms with Crippen LogP contribution >= 0.6 is 11.6 Å². The lowest BCUT2D eigenvalue weighted by Gasteiger charge is -2.14. The number of aryl methyl sites for hydroxylation is 1. The molecule has 0 saturated heterocycles. The second-order valence-corrected chi connectivity index (χ2v) is 5.08. The first-order valence-corrected chi connectivity index (χ1v) is 7.32. The molecule has 2 N–H and O–H groups in total. The number of hydrogen-bond donors (Lipinski definition) is 2. The van der Waals surface area contributed by atoms with E-state index in [2.05, 4.69) is 30.5 Å². The zero-order valence-corrected chi connectivity index (χ0v) is 13.8. The molecule has 7 nitrogen and oxygen atoms in total. The topological polar surface area (TPSA) is 84.6 Å². The van der Waals surface area contributed by atoms with Crippen molar-refractivity contribution in [1.29, 1.82) is 0 Å². The van der Waals surface area contributed by atoms with E-state index in [1.807, 2.05) is 0 Å². The van der Waals surface area contributed by atoms with Gasteiger partial charge in [0.1, 0.15) is 5.75 Å². The Bertz CT molecular complexity index is 708. The second kappa shape index (κ2) is 8.44. The number of nitrogens with zero attached hydrogens (tertiary/aromatic N) is 3. The maximum absolute atomic E-state index is 12.4. The second-order valence-electron chi connectivity index (χ2n) is 4.64. The van der Waals surface area contributed by atoms with Crippen LogP contribution < -0.4 is 15.4 Å². The van der Waals surface area contributed by atoms with E-state index in [0.717, 1.165) is 0 Å². The number of ether oxygens (including phenoxy) is 1. The van der Waals surface area contributed by atoms with Crippen molar-refractivity contribution in [2.45, 2.75) is 26.6 Å². The third kappa shape index (κ3) is 5.34. The summed E-state index contributed by atoms with van der Waals surface area (Å²) in [4.78, 5) is 8.07. The predicted molar refractivity (Wildman–Crippen MR) is 84.2 cm³/mol. The molecule has 0 bridgehead atoms. The summed E-state index contributed by atoms with van der Waals surface area (Å²) < 4.78 is 34.2. The monoisotopic (exact) mass is 359 g/mol. The van der Waals surface area contributed by atoms with Gasteiger partial charge in [-0.05, 0) is 18.2 Å². The number of hydrogen-bond acceptors (Lipinski definition) is 5. The molecule has 24 heavy (non-hydrogen) atoms. The molecule has 0 amide bonds. The van der Waals surface area contributed by atoms with Crippen LogP contribution in [-0.4, -0.2) is 29.8 Å². The molecule has 130 valence electrons. The first kappa shape index (κ1) is 17.9. The van der Waals surface area contributed by atoms with E-state index < -0.39 is 6.61 Å². The van der Waals surface area contributed by atoms with E-state index in [4.69, 9.17) is 16.1 Å². The SMILES string of the molecule is CN=C(NCc1noc(C)n1)NCc1cc(Cl)ccc1OC(F)F. The number of benzene rings is 1. The molecule has 1 aromatic carbocycles. The summed E-state index contributed by atoms with van der Waals surface area (Å²) in [7, 11) is 1.57. The molecule has 10 heteroatoms. The third-order valence-electron chi connectivity index (χ3n) is 2.89. The number of guanidine groups is 1. The van der Waals surface area contributed by atoms with Gasteiger partial charge >= 0.3 is 6.61 Å². The van der Waals surface area contributed by atoms with Gasteiger partial charge in [0, 0.05) is 31.1 Å². The predicted octanol–water partition coefficient (Wildman–Crippen LogP) is 2.50. The molecule has 2 aromatic rings. The Balaban J connectivity index is 1.96. The fourth-order valence-corrected chi connectivity index (χ4v) is 2.07. The Morgan fingerprint density at radius 3 is 2.75 bits per heavy atom. The normalized spacial score (nSPS) is 11.7. The zero-order valence-electron chi connectivity index (χ0n) is 13.0. The fraction of sp³-hybridized carbons (Fsp3) is 0.357. The first-order chi connectivity index (χ1) is 11.5. The maximum Gasteiger partial charge on any atom is 0.387 e. The highest BCUT2D eigenvalue weighted by molar-refractivity contribution is 6.30. The van der Waals surface area contributed by atoms with Crippen LogP contribution in [0.2, 0.25) is 5.02 Å². The van der Waals surface area contributed by atoms with E-state index in [9.17, 15) is 8.78 Å². The van der Waals surface area contributed by atoms with Gasteiger partial charge in [0.05, 0.1) is 6.54 Å². The maximum atomic E-state index is 12.4. The van der Waals surface area contributed by atoms with Gasteiger partial charge in [0.15, 0.2) is 11.8 Å². The number of alkyl halides is 2. The Labute approximate surface area is 142 Å². The van der Waals surface area contributed by atoms with Gasteiger partial charge < -0.3 is 19.9 Å². The molecule has 0 spiro atoms. The van der Waals surface area contributed by atoms with Crippen molar-refractivity contribution < 1.29 is 18.0 Å². The van der Waals surface area contributed by atoms with Gasteiger partial charge in [-0.25, -0.2) is 0 Å². The molecule has 0 radical (unpaired) electrons.